The van der Waals surface area contributed by atoms with E-state index in [0.717, 1.165) is 23.3 Å². The molecular weight excluding hydrogens is 396 g/mol. The van der Waals surface area contributed by atoms with Crippen LogP contribution in [-0.4, -0.2) is 34.9 Å². The average Bonchev–Trinajstić information content (AvgIpc) is 3.51. The van der Waals surface area contributed by atoms with Gasteiger partial charge in [-0.25, -0.2) is 0 Å². The lowest BCUT2D eigenvalue weighted by Gasteiger charge is -2.36. The number of rotatable bonds is 3. The molecule has 1 aliphatic carbocycles. The SMILES string of the molecule is CC(C)c1cc(CN2C(=O)C3(COc4cc5c(cc43)OCO5)C3=CC=CCC32C)on1. The van der Waals surface area contributed by atoms with E-state index in [1.165, 1.54) is 0 Å². The van der Waals surface area contributed by atoms with E-state index in [1.807, 2.05) is 29.2 Å². The summed E-state index contributed by atoms with van der Waals surface area (Å²) >= 11 is 0. The van der Waals surface area contributed by atoms with Gasteiger partial charge < -0.3 is 23.6 Å². The van der Waals surface area contributed by atoms with E-state index in [1.54, 1.807) is 0 Å². The second-order valence-electron chi connectivity index (χ2n) is 9.15. The van der Waals surface area contributed by atoms with Crippen LogP contribution in [0.2, 0.25) is 0 Å². The lowest BCUT2D eigenvalue weighted by Crippen LogP contribution is -2.44. The van der Waals surface area contributed by atoms with Crippen molar-refractivity contribution in [2.24, 2.45) is 0 Å². The van der Waals surface area contributed by atoms with Crippen LogP contribution in [0.4, 0.5) is 0 Å². The van der Waals surface area contributed by atoms with Crippen LogP contribution in [0, 0.1) is 0 Å². The fourth-order valence-corrected chi connectivity index (χ4v) is 5.30. The van der Waals surface area contributed by atoms with E-state index in [4.69, 9.17) is 18.7 Å². The van der Waals surface area contributed by atoms with Crippen molar-refractivity contribution in [1.82, 2.24) is 10.1 Å². The fraction of sp³-hybridized carbons (Fsp3) is 0.417. The Bertz CT molecular complexity index is 1160. The van der Waals surface area contributed by atoms with Crippen molar-refractivity contribution in [2.75, 3.05) is 13.4 Å². The highest BCUT2D eigenvalue weighted by Gasteiger charge is 2.65. The average molecular weight is 420 g/mol. The molecule has 4 aliphatic rings. The summed E-state index contributed by atoms with van der Waals surface area (Å²) in [7, 11) is 0. The molecular formula is C24H24N2O5. The Balaban J connectivity index is 1.47. The Morgan fingerprint density at radius 3 is 2.71 bits per heavy atom. The zero-order valence-corrected chi connectivity index (χ0v) is 17.8. The van der Waals surface area contributed by atoms with Gasteiger partial charge in [-0.2, -0.15) is 0 Å². The summed E-state index contributed by atoms with van der Waals surface area (Å²) in [6.07, 6.45) is 6.95. The summed E-state index contributed by atoms with van der Waals surface area (Å²) in [5.74, 6) is 2.96. The third kappa shape index (κ3) is 2.34. The molecule has 2 atom stereocenters. The van der Waals surface area contributed by atoms with Gasteiger partial charge in [0.25, 0.3) is 0 Å². The number of hydrogen-bond donors (Lipinski definition) is 0. The molecule has 6 rings (SSSR count). The summed E-state index contributed by atoms with van der Waals surface area (Å²) in [5.41, 5.74) is 1.43. The number of amides is 1. The Labute approximate surface area is 180 Å². The van der Waals surface area contributed by atoms with Crippen LogP contribution in [-0.2, 0) is 16.8 Å². The molecule has 0 N–H and O–H groups in total. The van der Waals surface area contributed by atoms with Gasteiger partial charge in [0.05, 0.1) is 17.8 Å². The van der Waals surface area contributed by atoms with E-state index >= 15 is 0 Å². The summed E-state index contributed by atoms with van der Waals surface area (Å²) in [5, 5.41) is 4.18. The molecule has 1 aromatic carbocycles. The predicted octanol–water partition coefficient (Wildman–Crippen LogP) is 3.84. The molecule has 1 spiro atoms. The number of ether oxygens (including phenoxy) is 3. The van der Waals surface area contributed by atoms with Gasteiger partial charge in [0.1, 0.15) is 17.8 Å². The lowest BCUT2D eigenvalue weighted by molar-refractivity contribution is -0.136. The Morgan fingerprint density at radius 1 is 1.13 bits per heavy atom. The first-order valence-corrected chi connectivity index (χ1v) is 10.7. The van der Waals surface area contributed by atoms with Gasteiger partial charge in [-0.1, -0.05) is 37.2 Å². The van der Waals surface area contributed by atoms with Crippen molar-refractivity contribution in [3.8, 4) is 17.2 Å². The second-order valence-corrected chi connectivity index (χ2v) is 9.15. The van der Waals surface area contributed by atoms with Gasteiger partial charge in [0, 0.05) is 17.7 Å². The normalized spacial score (nSPS) is 27.7. The number of aromatic nitrogens is 1. The summed E-state index contributed by atoms with van der Waals surface area (Å²) in [4.78, 5) is 16.1. The monoisotopic (exact) mass is 420 g/mol. The van der Waals surface area contributed by atoms with Crippen LogP contribution in [0.1, 0.15) is 50.1 Å². The van der Waals surface area contributed by atoms with Crippen molar-refractivity contribution in [1.29, 1.82) is 0 Å². The van der Waals surface area contributed by atoms with Crippen molar-refractivity contribution in [3.05, 3.63) is 59.0 Å². The minimum absolute atomic E-state index is 0.0186. The van der Waals surface area contributed by atoms with Crippen LogP contribution >= 0.6 is 0 Å². The highest BCUT2D eigenvalue weighted by Crippen LogP contribution is 2.58. The minimum atomic E-state index is -0.878. The Kier molecular flexibility index (Phi) is 3.68. The summed E-state index contributed by atoms with van der Waals surface area (Å²) in [6, 6.07) is 5.70. The molecule has 0 bridgehead atoms. The molecule has 3 aliphatic heterocycles. The third-order valence-electron chi connectivity index (χ3n) is 7.02. The molecule has 1 fully saturated rings. The molecule has 160 valence electrons. The number of carbonyl (C=O) groups excluding carboxylic acids is 1. The number of hydrogen-bond acceptors (Lipinski definition) is 6. The first kappa shape index (κ1) is 18.5. The largest absolute Gasteiger partial charge is 0.491 e. The number of nitrogens with zero attached hydrogens (tertiary/aromatic N) is 2. The maximum atomic E-state index is 14.2. The molecule has 2 aromatic rings. The number of likely N-dealkylation sites (tertiary alicyclic amines) is 1. The van der Waals surface area contributed by atoms with E-state index < -0.39 is 11.0 Å². The van der Waals surface area contributed by atoms with E-state index in [9.17, 15) is 4.79 Å². The topological polar surface area (TPSA) is 74.0 Å². The van der Waals surface area contributed by atoms with Crippen LogP contribution in [0.5, 0.6) is 17.2 Å². The summed E-state index contributed by atoms with van der Waals surface area (Å²) < 4.78 is 22.8. The molecule has 0 saturated carbocycles. The summed E-state index contributed by atoms with van der Waals surface area (Å²) in [6.45, 7) is 7.08. The number of benzene rings is 1. The highest BCUT2D eigenvalue weighted by atomic mass is 16.7. The van der Waals surface area contributed by atoms with Gasteiger partial charge >= 0.3 is 0 Å². The van der Waals surface area contributed by atoms with Gasteiger partial charge in [0.15, 0.2) is 17.3 Å². The van der Waals surface area contributed by atoms with Crippen LogP contribution in [0.25, 0.3) is 0 Å². The van der Waals surface area contributed by atoms with E-state index in [0.29, 0.717) is 29.6 Å². The predicted molar refractivity (Wildman–Crippen MR) is 111 cm³/mol. The van der Waals surface area contributed by atoms with Crippen LogP contribution in [0.3, 0.4) is 0 Å². The molecule has 0 radical (unpaired) electrons. The molecule has 4 heterocycles. The van der Waals surface area contributed by atoms with Crippen LogP contribution in [0.15, 0.2) is 46.5 Å². The maximum absolute atomic E-state index is 14.2. The maximum Gasteiger partial charge on any atom is 0.242 e. The minimum Gasteiger partial charge on any atom is -0.491 e. The molecule has 1 aromatic heterocycles. The zero-order chi connectivity index (χ0) is 21.4. The van der Waals surface area contributed by atoms with E-state index in [-0.39, 0.29) is 25.2 Å². The molecule has 1 saturated heterocycles. The quantitative estimate of drug-likeness (QED) is 0.751. The van der Waals surface area contributed by atoms with Crippen molar-refractivity contribution < 1.29 is 23.5 Å². The molecule has 7 nitrogen and oxygen atoms in total. The fourth-order valence-electron chi connectivity index (χ4n) is 5.30. The number of fused-ring (bicyclic) bond motifs is 5. The molecule has 31 heavy (non-hydrogen) atoms. The van der Waals surface area contributed by atoms with Crippen molar-refractivity contribution in [2.45, 2.75) is 50.6 Å². The Morgan fingerprint density at radius 2 is 1.94 bits per heavy atom. The standard InChI is InChI=1S/C24H24N2O5/c1-14(2)17-8-15(31-25-17)11-26-22(27)24(21-6-4-5-7-23(21,26)3)12-28-18-10-20-19(9-16(18)24)29-13-30-20/h4-6,8-10,14H,7,11-13H2,1-3H3. The zero-order valence-electron chi connectivity index (χ0n) is 17.8. The van der Waals surface area contributed by atoms with Crippen molar-refractivity contribution >= 4 is 5.91 Å². The van der Waals surface area contributed by atoms with E-state index in [2.05, 4.69) is 38.1 Å². The van der Waals surface area contributed by atoms with Crippen LogP contribution < -0.4 is 14.2 Å². The third-order valence-corrected chi connectivity index (χ3v) is 7.02. The van der Waals surface area contributed by atoms with Gasteiger partial charge in [-0.05, 0) is 30.9 Å². The molecule has 2 unspecified atom stereocenters. The molecule has 7 heteroatoms. The first-order valence-electron chi connectivity index (χ1n) is 10.7. The smallest absolute Gasteiger partial charge is 0.242 e. The second kappa shape index (κ2) is 6.15. The lowest BCUT2D eigenvalue weighted by atomic mass is 9.70. The number of allylic oxidation sites excluding steroid dienone is 2. The first-order chi connectivity index (χ1) is 14.9. The Hall–Kier alpha value is -3.22. The van der Waals surface area contributed by atoms with Crippen molar-refractivity contribution in [3.63, 3.8) is 0 Å². The molecule has 1 amide bonds. The van der Waals surface area contributed by atoms with Gasteiger partial charge in [-0.3, -0.25) is 4.79 Å². The highest BCUT2D eigenvalue weighted by molar-refractivity contribution is 5.99. The number of carbonyl (C=O) groups is 1. The van der Waals surface area contributed by atoms with Gasteiger partial charge in [0.2, 0.25) is 12.7 Å². The van der Waals surface area contributed by atoms with Gasteiger partial charge in [-0.15, -0.1) is 0 Å².